The number of nitrogens with one attached hydrogen (secondary N) is 1. The fourth-order valence-corrected chi connectivity index (χ4v) is 3.04. The van der Waals surface area contributed by atoms with Gasteiger partial charge in [-0.25, -0.2) is 9.69 Å². The Labute approximate surface area is 161 Å². The zero-order valence-corrected chi connectivity index (χ0v) is 15.8. The molecule has 6 nitrogen and oxygen atoms in total. The molecule has 1 N–H and O–H groups in total. The normalized spacial score (nSPS) is 14.0. The SMILES string of the molecule is COC(=O)c1cccc(N2C(=O)C(Cl)=C(Nc3ccc(C)cc3C)C2=O)c1. The molecule has 0 saturated carbocycles. The lowest BCUT2D eigenvalue weighted by molar-refractivity contribution is -0.120. The van der Waals surface area contributed by atoms with Crippen LogP contribution in [0.15, 0.2) is 53.2 Å². The largest absolute Gasteiger partial charge is 0.465 e. The van der Waals surface area contributed by atoms with Gasteiger partial charge in [0.1, 0.15) is 10.7 Å². The molecule has 2 aromatic carbocycles. The summed E-state index contributed by atoms with van der Waals surface area (Å²) in [5.41, 5.74) is 3.13. The van der Waals surface area contributed by atoms with Crippen LogP contribution in [-0.2, 0) is 14.3 Å². The molecule has 0 bridgehead atoms. The number of amides is 2. The number of aryl methyl sites for hydroxylation is 2. The molecule has 27 heavy (non-hydrogen) atoms. The first-order valence-corrected chi connectivity index (χ1v) is 8.52. The molecular formula is C20H17ClN2O4. The summed E-state index contributed by atoms with van der Waals surface area (Å²) in [7, 11) is 1.26. The van der Waals surface area contributed by atoms with Gasteiger partial charge >= 0.3 is 5.97 Å². The van der Waals surface area contributed by atoms with E-state index < -0.39 is 17.8 Å². The second-order valence-electron chi connectivity index (χ2n) is 6.12. The summed E-state index contributed by atoms with van der Waals surface area (Å²) in [6, 6.07) is 11.7. The first-order chi connectivity index (χ1) is 12.8. The highest BCUT2D eigenvalue weighted by molar-refractivity contribution is 6.53. The number of ether oxygens (including phenoxy) is 1. The first-order valence-electron chi connectivity index (χ1n) is 8.14. The van der Waals surface area contributed by atoms with E-state index in [1.54, 1.807) is 12.1 Å². The molecule has 3 rings (SSSR count). The monoisotopic (exact) mass is 384 g/mol. The minimum Gasteiger partial charge on any atom is -0.465 e. The van der Waals surface area contributed by atoms with Gasteiger partial charge < -0.3 is 10.1 Å². The molecule has 0 aliphatic carbocycles. The van der Waals surface area contributed by atoms with Gasteiger partial charge in [0.05, 0.1) is 18.4 Å². The average Bonchev–Trinajstić information content (AvgIpc) is 2.86. The van der Waals surface area contributed by atoms with E-state index in [9.17, 15) is 14.4 Å². The van der Waals surface area contributed by atoms with Gasteiger partial charge in [-0.2, -0.15) is 0 Å². The molecule has 1 aliphatic heterocycles. The van der Waals surface area contributed by atoms with Gasteiger partial charge in [-0.05, 0) is 43.7 Å². The van der Waals surface area contributed by atoms with Crippen molar-refractivity contribution in [3.63, 3.8) is 0 Å². The summed E-state index contributed by atoms with van der Waals surface area (Å²) >= 11 is 6.14. The lowest BCUT2D eigenvalue weighted by atomic mass is 10.1. The van der Waals surface area contributed by atoms with Crippen molar-refractivity contribution in [1.29, 1.82) is 0 Å². The molecular weight excluding hydrogens is 368 g/mol. The third-order valence-electron chi connectivity index (χ3n) is 4.19. The average molecular weight is 385 g/mol. The number of rotatable bonds is 4. The number of methoxy groups -OCH3 is 1. The molecule has 1 aliphatic rings. The van der Waals surface area contributed by atoms with E-state index in [0.717, 1.165) is 16.0 Å². The van der Waals surface area contributed by atoms with Crippen molar-refractivity contribution in [3.8, 4) is 0 Å². The highest BCUT2D eigenvalue weighted by Crippen LogP contribution is 2.31. The molecule has 0 radical (unpaired) electrons. The molecule has 0 fully saturated rings. The first kappa shape index (κ1) is 18.7. The van der Waals surface area contributed by atoms with Crippen molar-refractivity contribution in [2.75, 3.05) is 17.3 Å². The Morgan fingerprint density at radius 1 is 1.07 bits per heavy atom. The summed E-state index contributed by atoms with van der Waals surface area (Å²) in [4.78, 5) is 38.1. The zero-order valence-electron chi connectivity index (χ0n) is 15.0. The van der Waals surface area contributed by atoms with E-state index in [0.29, 0.717) is 5.69 Å². The van der Waals surface area contributed by atoms with Crippen molar-refractivity contribution in [1.82, 2.24) is 0 Å². The number of carbonyl (C=O) groups excluding carboxylic acids is 3. The molecule has 0 spiro atoms. The summed E-state index contributed by atoms with van der Waals surface area (Å²) < 4.78 is 4.68. The lowest BCUT2D eigenvalue weighted by Gasteiger charge is -2.16. The third-order valence-corrected chi connectivity index (χ3v) is 4.54. The molecule has 0 aromatic heterocycles. The van der Waals surface area contributed by atoms with E-state index in [1.165, 1.54) is 19.2 Å². The summed E-state index contributed by atoms with van der Waals surface area (Å²) in [5, 5.41) is 2.75. The fourth-order valence-electron chi connectivity index (χ4n) is 2.82. The van der Waals surface area contributed by atoms with E-state index in [1.807, 2.05) is 32.0 Å². The van der Waals surface area contributed by atoms with Crippen LogP contribution in [0.25, 0.3) is 0 Å². The highest BCUT2D eigenvalue weighted by Gasteiger charge is 2.39. The fraction of sp³-hybridized carbons (Fsp3) is 0.150. The van der Waals surface area contributed by atoms with Crippen LogP contribution in [0.5, 0.6) is 0 Å². The van der Waals surface area contributed by atoms with Gasteiger partial charge in [0.15, 0.2) is 0 Å². The molecule has 2 amide bonds. The third kappa shape index (κ3) is 3.44. The van der Waals surface area contributed by atoms with Crippen LogP contribution in [0, 0.1) is 13.8 Å². The van der Waals surface area contributed by atoms with Crippen molar-refractivity contribution in [3.05, 3.63) is 69.9 Å². The highest BCUT2D eigenvalue weighted by atomic mass is 35.5. The zero-order chi connectivity index (χ0) is 19.7. The smallest absolute Gasteiger partial charge is 0.337 e. The van der Waals surface area contributed by atoms with Gasteiger partial charge in [-0.1, -0.05) is 35.4 Å². The Balaban J connectivity index is 1.93. The lowest BCUT2D eigenvalue weighted by Crippen LogP contribution is -2.32. The van der Waals surface area contributed by atoms with Crippen molar-refractivity contribution in [2.24, 2.45) is 0 Å². The molecule has 138 valence electrons. The Kier molecular flexibility index (Phi) is 5.01. The van der Waals surface area contributed by atoms with Crippen LogP contribution in [0.4, 0.5) is 11.4 Å². The Morgan fingerprint density at radius 2 is 1.81 bits per heavy atom. The Bertz CT molecular complexity index is 997. The van der Waals surface area contributed by atoms with E-state index in [-0.39, 0.29) is 22.0 Å². The predicted octanol–water partition coefficient (Wildman–Crippen LogP) is 3.53. The van der Waals surface area contributed by atoms with Crippen LogP contribution in [0.3, 0.4) is 0 Å². The molecule has 7 heteroatoms. The van der Waals surface area contributed by atoms with Gasteiger partial charge in [0.25, 0.3) is 11.8 Å². The summed E-state index contributed by atoms with van der Waals surface area (Å²) in [5.74, 6) is -1.81. The Hall–Kier alpha value is -3.12. The number of anilines is 2. The Morgan fingerprint density at radius 3 is 2.48 bits per heavy atom. The number of benzene rings is 2. The van der Waals surface area contributed by atoms with Gasteiger partial charge in [0.2, 0.25) is 0 Å². The number of hydrogen-bond donors (Lipinski definition) is 1. The topological polar surface area (TPSA) is 75.7 Å². The molecule has 0 atom stereocenters. The van der Waals surface area contributed by atoms with Gasteiger partial charge in [-0.15, -0.1) is 0 Å². The molecule has 1 heterocycles. The van der Waals surface area contributed by atoms with Crippen LogP contribution < -0.4 is 10.2 Å². The van der Waals surface area contributed by atoms with Crippen LogP contribution in [0.1, 0.15) is 21.5 Å². The number of esters is 1. The number of carbonyl (C=O) groups is 3. The minimum atomic E-state index is -0.657. The second kappa shape index (κ2) is 7.25. The van der Waals surface area contributed by atoms with E-state index >= 15 is 0 Å². The molecule has 0 unspecified atom stereocenters. The summed E-state index contributed by atoms with van der Waals surface area (Å²) in [6.07, 6.45) is 0. The number of nitrogens with zero attached hydrogens (tertiary/aromatic N) is 1. The van der Waals surface area contributed by atoms with E-state index in [2.05, 4.69) is 10.1 Å². The molecule has 0 saturated heterocycles. The molecule has 2 aromatic rings. The van der Waals surface area contributed by atoms with Crippen molar-refractivity contribution in [2.45, 2.75) is 13.8 Å². The maximum atomic E-state index is 12.8. The standard InChI is InChI=1S/C20H17ClN2O4/c1-11-7-8-15(12(2)9-11)22-17-16(21)18(24)23(19(17)25)14-6-4-5-13(10-14)20(26)27-3/h4-10,22H,1-3H3. The summed E-state index contributed by atoms with van der Waals surface area (Å²) in [6.45, 7) is 3.85. The van der Waals surface area contributed by atoms with Crippen molar-refractivity contribution >= 4 is 40.8 Å². The van der Waals surface area contributed by atoms with Gasteiger partial charge in [-0.3, -0.25) is 9.59 Å². The minimum absolute atomic E-state index is 0.00269. The van der Waals surface area contributed by atoms with Crippen LogP contribution in [0.2, 0.25) is 0 Å². The van der Waals surface area contributed by atoms with Crippen LogP contribution >= 0.6 is 11.6 Å². The number of halogens is 1. The number of hydrogen-bond acceptors (Lipinski definition) is 5. The number of imide groups is 1. The maximum absolute atomic E-state index is 12.8. The second-order valence-corrected chi connectivity index (χ2v) is 6.50. The van der Waals surface area contributed by atoms with Gasteiger partial charge in [0, 0.05) is 5.69 Å². The predicted molar refractivity (Wildman–Crippen MR) is 103 cm³/mol. The van der Waals surface area contributed by atoms with Crippen molar-refractivity contribution < 1.29 is 19.1 Å². The quantitative estimate of drug-likeness (QED) is 0.644. The maximum Gasteiger partial charge on any atom is 0.337 e. The van der Waals surface area contributed by atoms with Crippen LogP contribution in [-0.4, -0.2) is 24.9 Å². The van der Waals surface area contributed by atoms with E-state index in [4.69, 9.17) is 11.6 Å².